The van der Waals surface area contributed by atoms with E-state index in [2.05, 4.69) is 15.7 Å². The summed E-state index contributed by atoms with van der Waals surface area (Å²) >= 11 is 0. The second kappa shape index (κ2) is 9.39. The van der Waals surface area contributed by atoms with Crippen LogP contribution in [0.5, 0.6) is 0 Å². The third kappa shape index (κ3) is 5.04. The van der Waals surface area contributed by atoms with E-state index < -0.39 is 0 Å². The first-order valence-electron chi connectivity index (χ1n) is 7.77. The van der Waals surface area contributed by atoms with E-state index in [0.717, 1.165) is 29.9 Å². The lowest BCUT2D eigenvalue weighted by atomic mass is 10.1. The Morgan fingerprint density at radius 2 is 2.00 bits per heavy atom. The zero-order valence-electron chi connectivity index (χ0n) is 14.2. The van der Waals surface area contributed by atoms with Gasteiger partial charge in [0.05, 0.1) is 17.9 Å². The zero-order valence-corrected chi connectivity index (χ0v) is 15.0. The Morgan fingerprint density at radius 3 is 2.62 bits per heavy atom. The summed E-state index contributed by atoms with van der Waals surface area (Å²) in [5.74, 6) is -0.248. The van der Waals surface area contributed by atoms with Crippen LogP contribution in [0.15, 0.2) is 30.5 Å². The van der Waals surface area contributed by atoms with Gasteiger partial charge in [-0.2, -0.15) is 5.10 Å². The van der Waals surface area contributed by atoms with Crippen LogP contribution in [0.3, 0.4) is 0 Å². The summed E-state index contributed by atoms with van der Waals surface area (Å²) in [7, 11) is 1.87. The number of benzene rings is 1. The number of rotatable bonds is 7. The van der Waals surface area contributed by atoms with Gasteiger partial charge < -0.3 is 10.6 Å². The van der Waals surface area contributed by atoms with E-state index in [1.54, 1.807) is 23.0 Å². The maximum atomic E-state index is 13.0. The van der Waals surface area contributed by atoms with Gasteiger partial charge in [-0.25, -0.2) is 9.07 Å². The van der Waals surface area contributed by atoms with Gasteiger partial charge in [-0.15, -0.1) is 12.4 Å². The molecule has 1 unspecified atom stereocenters. The van der Waals surface area contributed by atoms with Gasteiger partial charge in [0.15, 0.2) is 0 Å². The van der Waals surface area contributed by atoms with Crippen molar-refractivity contribution in [1.82, 2.24) is 20.4 Å². The molecule has 0 radical (unpaired) electrons. The Balaban J connectivity index is 0.00000288. The first kappa shape index (κ1) is 20.1. The predicted octanol–water partition coefficient (Wildman–Crippen LogP) is 2.92. The molecule has 132 valence electrons. The lowest BCUT2D eigenvalue weighted by Crippen LogP contribution is -2.27. The van der Waals surface area contributed by atoms with Crippen molar-refractivity contribution >= 4 is 18.3 Å². The number of carbonyl (C=O) groups is 1. The number of aromatic nitrogens is 2. The third-order valence-electron chi connectivity index (χ3n) is 3.79. The molecule has 0 aliphatic heterocycles. The van der Waals surface area contributed by atoms with Gasteiger partial charge in [0.1, 0.15) is 5.82 Å². The number of hydrogen-bond donors (Lipinski definition) is 2. The van der Waals surface area contributed by atoms with E-state index >= 15 is 0 Å². The topological polar surface area (TPSA) is 59.0 Å². The summed E-state index contributed by atoms with van der Waals surface area (Å²) in [5, 5.41) is 10.4. The van der Waals surface area contributed by atoms with Gasteiger partial charge in [0, 0.05) is 17.7 Å². The highest BCUT2D eigenvalue weighted by Gasteiger charge is 2.16. The van der Waals surface area contributed by atoms with E-state index in [9.17, 15) is 9.18 Å². The summed E-state index contributed by atoms with van der Waals surface area (Å²) in [5.41, 5.74) is 2.68. The average molecular weight is 355 g/mol. The van der Waals surface area contributed by atoms with Crippen LogP contribution in [0.2, 0.25) is 0 Å². The summed E-state index contributed by atoms with van der Waals surface area (Å²) in [6, 6.07) is 6.05. The lowest BCUT2D eigenvalue weighted by Gasteiger charge is -2.14. The minimum atomic E-state index is -0.277. The first-order valence-corrected chi connectivity index (χ1v) is 7.77. The number of halogens is 2. The molecule has 7 heteroatoms. The van der Waals surface area contributed by atoms with E-state index in [4.69, 9.17) is 0 Å². The molecule has 1 amide bonds. The smallest absolute Gasteiger partial charge is 0.220 e. The van der Waals surface area contributed by atoms with Crippen LogP contribution in [0.4, 0.5) is 4.39 Å². The maximum absolute atomic E-state index is 13.0. The number of amides is 1. The molecule has 0 fully saturated rings. The highest BCUT2D eigenvalue weighted by molar-refractivity contribution is 5.85. The van der Waals surface area contributed by atoms with Crippen molar-refractivity contribution in [2.45, 2.75) is 32.7 Å². The first-order chi connectivity index (χ1) is 11.0. The van der Waals surface area contributed by atoms with Crippen LogP contribution in [-0.2, 0) is 4.79 Å². The predicted molar refractivity (Wildman–Crippen MR) is 95.2 cm³/mol. The maximum Gasteiger partial charge on any atom is 0.220 e. The van der Waals surface area contributed by atoms with E-state index in [-0.39, 0.29) is 30.2 Å². The molecule has 1 atom stereocenters. The van der Waals surface area contributed by atoms with E-state index in [1.807, 2.05) is 20.9 Å². The molecule has 0 saturated heterocycles. The Hall–Kier alpha value is -1.92. The Morgan fingerprint density at radius 1 is 1.33 bits per heavy atom. The lowest BCUT2D eigenvalue weighted by molar-refractivity contribution is -0.121. The quantitative estimate of drug-likeness (QED) is 0.752. The molecule has 0 aliphatic rings. The van der Waals surface area contributed by atoms with Crippen LogP contribution in [-0.4, -0.2) is 29.3 Å². The molecule has 1 heterocycles. The summed E-state index contributed by atoms with van der Waals surface area (Å²) < 4.78 is 14.8. The Bertz CT molecular complexity index is 657. The average Bonchev–Trinajstić information content (AvgIpc) is 2.90. The van der Waals surface area contributed by atoms with Gasteiger partial charge in [0.25, 0.3) is 0 Å². The number of nitrogens with one attached hydrogen (secondary N) is 2. The molecular formula is C17H24ClFN4O. The third-order valence-corrected chi connectivity index (χ3v) is 3.79. The SMILES string of the molecule is CNCCCC(=O)NC(C)c1cnn(-c2ccc(F)cc2)c1C.Cl. The minimum Gasteiger partial charge on any atom is -0.349 e. The summed E-state index contributed by atoms with van der Waals surface area (Å²) in [6.07, 6.45) is 3.05. The van der Waals surface area contributed by atoms with Gasteiger partial charge >= 0.3 is 0 Å². The molecular weight excluding hydrogens is 331 g/mol. The van der Waals surface area contributed by atoms with Crippen molar-refractivity contribution < 1.29 is 9.18 Å². The molecule has 1 aromatic carbocycles. The highest BCUT2D eigenvalue weighted by atomic mass is 35.5. The van der Waals surface area contributed by atoms with Crippen molar-refractivity contribution in [3.8, 4) is 5.69 Å². The van der Waals surface area contributed by atoms with Crippen LogP contribution < -0.4 is 10.6 Å². The fraction of sp³-hybridized carbons (Fsp3) is 0.412. The van der Waals surface area contributed by atoms with Crippen molar-refractivity contribution in [1.29, 1.82) is 0 Å². The van der Waals surface area contributed by atoms with Crippen molar-refractivity contribution in [3.05, 3.63) is 47.5 Å². The van der Waals surface area contributed by atoms with Crippen LogP contribution in [0.1, 0.15) is 37.1 Å². The molecule has 2 aromatic rings. The zero-order chi connectivity index (χ0) is 16.8. The van der Waals surface area contributed by atoms with Crippen LogP contribution >= 0.6 is 12.4 Å². The minimum absolute atomic E-state index is 0. The second-order valence-electron chi connectivity index (χ2n) is 5.57. The molecule has 0 spiro atoms. The second-order valence-corrected chi connectivity index (χ2v) is 5.57. The molecule has 0 bridgehead atoms. The molecule has 0 saturated carbocycles. The van der Waals surface area contributed by atoms with Crippen LogP contribution in [0.25, 0.3) is 5.69 Å². The summed E-state index contributed by atoms with van der Waals surface area (Å²) in [6.45, 7) is 4.70. The van der Waals surface area contributed by atoms with Crippen molar-refractivity contribution in [3.63, 3.8) is 0 Å². The van der Waals surface area contributed by atoms with Gasteiger partial charge in [-0.1, -0.05) is 0 Å². The Kier molecular flexibility index (Phi) is 7.88. The number of carbonyl (C=O) groups excluding carboxylic acids is 1. The summed E-state index contributed by atoms with van der Waals surface area (Å²) in [4.78, 5) is 11.9. The molecule has 2 N–H and O–H groups in total. The van der Waals surface area contributed by atoms with Crippen LogP contribution in [0, 0.1) is 12.7 Å². The molecule has 2 rings (SSSR count). The molecule has 5 nitrogen and oxygen atoms in total. The standard InChI is InChI=1S/C17H23FN4O.ClH/c1-12(21-17(23)5-4-10-19-3)16-11-20-22(13(16)2)15-8-6-14(18)7-9-15;/h6-9,11-12,19H,4-5,10H2,1-3H3,(H,21,23);1H. The molecule has 1 aromatic heterocycles. The molecule has 24 heavy (non-hydrogen) atoms. The van der Waals surface area contributed by atoms with Crippen molar-refractivity contribution in [2.24, 2.45) is 0 Å². The highest BCUT2D eigenvalue weighted by Crippen LogP contribution is 2.20. The monoisotopic (exact) mass is 354 g/mol. The largest absolute Gasteiger partial charge is 0.349 e. The fourth-order valence-electron chi connectivity index (χ4n) is 2.51. The van der Waals surface area contributed by atoms with Gasteiger partial charge in [-0.3, -0.25) is 4.79 Å². The molecule has 0 aliphatic carbocycles. The fourth-order valence-corrected chi connectivity index (χ4v) is 2.51. The Labute approximate surface area is 148 Å². The van der Waals surface area contributed by atoms with Crippen molar-refractivity contribution in [2.75, 3.05) is 13.6 Å². The van der Waals surface area contributed by atoms with Gasteiger partial charge in [0.2, 0.25) is 5.91 Å². The number of hydrogen-bond acceptors (Lipinski definition) is 3. The normalized spacial score (nSPS) is 11.7. The number of nitrogens with zero attached hydrogens (tertiary/aromatic N) is 2. The van der Waals surface area contributed by atoms with Gasteiger partial charge in [-0.05, 0) is 58.1 Å². The van der Waals surface area contributed by atoms with E-state index in [1.165, 1.54) is 12.1 Å². The van der Waals surface area contributed by atoms with E-state index in [0.29, 0.717) is 6.42 Å².